The molecule has 0 aromatic rings. The third-order valence-electron chi connectivity index (χ3n) is 3.79. The first-order valence-corrected chi connectivity index (χ1v) is 7.33. The smallest absolute Gasteiger partial charge is 0.375 e. The van der Waals surface area contributed by atoms with E-state index in [1.807, 2.05) is 0 Å². The van der Waals surface area contributed by atoms with Crippen molar-refractivity contribution in [3.63, 3.8) is 0 Å². The zero-order valence-electron chi connectivity index (χ0n) is 13.7. The lowest BCUT2D eigenvalue weighted by Gasteiger charge is -2.45. The van der Waals surface area contributed by atoms with Gasteiger partial charge in [-0.05, 0) is 6.92 Å². The molecule has 7 N–H and O–H groups in total. The van der Waals surface area contributed by atoms with Crippen molar-refractivity contribution < 1.29 is 38.4 Å². The van der Waals surface area contributed by atoms with Gasteiger partial charge in [-0.3, -0.25) is 0 Å². The number of halogens is 3. The van der Waals surface area contributed by atoms with Crippen LogP contribution in [0.1, 0.15) is 13.8 Å². The Hall–Kier alpha value is -1.27. The number of aliphatic imine (C=N–C) groups is 1. The Balaban J connectivity index is 0.00000576. The number of rotatable bonds is 6. The van der Waals surface area contributed by atoms with Crippen LogP contribution in [0.25, 0.3) is 0 Å². The predicted molar refractivity (Wildman–Crippen MR) is 85.4 cm³/mol. The lowest BCUT2D eigenvalue weighted by Crippen LogP contribution is -2.65. The predicted octanol–water partition coefficient (Wildman–Crippen LogP) is -1.63. The van der Waals surface area contributed by atoms with E-state index in [9.17, 15) is 23.8 Å². The largest absolute Gasteiger partial charge is 0.462 e. The molecule has 0 bridgehead atoms. The lowest BCUT2D eigenvalue weighted by molar-refractivity contribution is -0.284. The van der Waals surface area contributed by atoms with Crippen LogP contribution in [0.15, 0.2) is 4.99 Å². The average Bonchev–Trinajstić information content (AvgIpc) is 2.53. The topological polar surface area (TPSA) is 161 Å². The molecule has 1 aliphatic rings. The second-order valence-corrected chi connectivity index (χ2v) is 5.49. The van der Waals surface area contributed by atoms with E-state index in [2.05, 4.69) is 9.73 Å². The Bertz CT molecular complexity index is 485. The van der Waals surface area contributed by atoms with Crippen molar-refractivity contribution in [3.8, 4) is 0 Å². The number of guanidine groups is 1. The second kappa shape index (κ2) is 9.43. The summed E-state index contributed by atoms with van der Waals surface area (Å²) < 4.78 is 38.8. The van der Waals surface area contributed by atoms with Crippen LogP contribution in [-0.4, -0.2) is 76.8 Å². The summed E-state index contributed by atoms with van der Waals surface area (Å²) in [6.45, 7) is 1.62. The highest BCUT2D eigenvalue weighted by atomic mass is 35.5. The number of hydrogen-bond donors (Lipinski definition) is 5. The first-order chi connectivity index (χ1) is 11.1. The third-order valence-corrected chi connectivity index (χ3v) is 3.79. The van der Waals surface area contributed by atoms with Gasteiger partial charge in [-0.1, -0.05) is 6.92 Å². The fraction of sp³-hybridized carbons (Fsp3) is 0.846. The van der Waals surface area contributed by atoms with Gasteiger partial charge in [0.05, 0.1) is 25.4 Å². The zero-order chi connectivity index (χ0) is 18.7. The van der Waals surface area contributed by atoms with Crippen molar-refractivity contribution in [2.45, 2.75) is 50.2 Å². The van der Waals surface area contributed by atoms with E-state index in [4.69, 9.17) is 21.3 Å². The van der Waals surface area contributed by atoms with Gasteiger partial charge in [0.1, 0.15) is 12.2 Å². The van der Waals surface area contributed by atoms with Crippen molar-refractivity contribution in [1.29, 1.82) is 0 Å². The maximum absolute atomic E-state index is 14.9. The molecule has 5 unspecified atom stereocenters. The van der Waals surface area contributed by atoms with Gasteiger partial charge in [0.25, 0.3) is 0 Å². The number of nitrogens with zero attached hydrogens (tertiary/aromatic N) is 1. The molecule has 0 spiro atoms. The van der Waals surface area contributed by atoms with Crippen LogP contribution in [0.3, 0.4) is 0 Å². The maximum atomic E-state index is 14.9. The minimum atomic E-state index is -3.58. The number of carbonyl (C=O) groups excluding carboxylic acids is 1. The van der Waals surface area contributed by atoms with Crippen LogP contribution in [0, 0.1) is 5.92 Å². The third kappa shape index (κ3) is 4.88. The summed E-state index contributed by atoms with van der Waals surface area (Å²) in [6, 6.07) is -1.58. The minimum absolute atomic E-state index is 0. The summed E-state index contributed by atoms with van der Waals surface area (Å²) in [4.78, 5) is 15.4. The molecule has 1 aliphatic heterocycles. The number of aliphatic hydroxyl groups excluding tert-OH is 3. The first-order valence-electron chi connectivity index (χ1n) is 7.33. The van der Waals surface area contributed by atoms with E-state index in [1.165, 1.54) is 13.8 Å². The molecule has 12 heteroatoms. The van der Waals surface area contributed by atoms with Crippen LogP contribution < -0.4 is 11.5 Å². The summed E-state index contributed by atoms with van der Waals surface area (Å²) in [6.07, 6.45) is -7.72. The minimum Gasteiger partial charge on any atom is -0.462 e. The molecule has 0 aromatic carbocycles. The molecule has 1 saturated heterocycles. The van der Waals surface area contributed by atoms with Gasteiger partial charge in [0.2, 0.25) is 0 Å². The summed E-state index contributed by atoms with van der Waals surface area (Å²) in [5, 5.41) is 28.5. The number of hydrogen-bond acceptors (Lipinski definition) is 7. The van der Waals surface area contributed by atoms with Gasteiger partial charge < -0.3 is 36.3 Å². The van der Waals surface area contributed by atoms with Crippen LogP contribution in [-0.2, 0) is 14.3 Å². The Morgan fingerprint density at radius 2 is 2.00 bits per heavy atom. The summed E-state index contributed by atoms with van der Waals surface area (Å²) in [5.41, 5.74) is 10.4. The normalized spacial score (nSPS) is 34.4. The average molecular weight is 392 g/mol. The molecule has 0 aromatic heterocycles. The van der Waals surface area contributed by atoms with Crippen LogP contribution >= 0.6 is 12.4 Å². The second-order valence-electron chi connectivity index (χ2n) is 5.49. The monoisotopic (exact) mass is 391 g/mol. The van der Waals surface area contributed by atoms with Crippen molar-refractivity contribution in [3.05, 3.63) is 0 Å². The SMILES string of the molecule is CCOC(=O)C1(F)OC([C@H](O)[C@H](O)CO)C(C)C(N=C(N)N)C1F.Cl. The number of carbonyl (C=O) groups is 1. The summed E-state index contributed by atoms with van der Waals surface area (Å²) in [7, 11) is 0. The fourth-order valence-corrected chi connectivity index (χ4v) is 2.50. The Labute approximate surface area is 149 Å². The Kier molecular flexibility index (Phi) is 8.95. The van der Waals surface area contributed by atoms with E-state index in [1.54, 1.807) is 0 Å². The van der Waals surface area contributed by atoms with Crippen molar-refractivity contribution in [2.24, 2.45) is 22.4 Å². The summed E-state index contributed by atoms with van der Waals surface area (Å²) >= 11 is 0. The van der Waals surface area contributed by atoms with Gasteiger partial charge in [-0.2, -0.15) is 4.39 Å². The van der Waals surface area contributed by atoms with E-state index >= 15 is 0 Å². The standard InChI is InChI=1S/C13H23F2N3O6.ClH/c1-3-23-11(22)13(15)10(14)7(18-12(16)17)5(2)9(24-13)8(21)6(20)4-19;/h5-10,19-21H,3-4H2,1-2H3,(H4,16,17,18);1H/t5?,6-,7?,8-,9?,10?,13?;/m1./s1. The molecule has 0 aliphatic carbocycles. The number of ether oxygens (including phenoxy) is 2. The van der Waals surface area contributed by atoms with E-state index in [0.29, 0.717) is 0 Å². The van der Waals surface area contributed by atoms with Crippen LogP contribution in [0.5, 0.6) is 0 Å². The molecule has 1 fully saturated rings. The molecule has 0 amide bonds. The van der Waals surface area contributed by atoms with E-state index < -0.39 is 60.8 Å². The molecule has 25 heavy (non-hydrogen) atoms. The van der Waals surface area contributed by atoms with E-state index in [0.717, 1.165) is 0 Å². The van der Waals surface area contributed by atoms with Crippen LogP contribution in [0.4, 0.5) is 8.78 Å². The number of aliphatic hydroxyl groups is 3. The highest BCUT2D eigenvalue weighted by Gasteiger charge is 2.62. The fourth-order valence-electron chi connectivity index (χ4n) is 2.50. The van der Waals surface area contributed by atoms with Gasteiger partial charge in [-0.25, -0.2) is 14.2 Å². The van der Waals surface area contributed by atoms with Gasteiger partial charge in [0, 0.05) is 5.92 Å². The van der Waals surface area contributed by atoms with Crippen molar-refractivity contribution in [2.75, 3.05) is 13.2 Å². The summed E-state index contributed by atoms with van der Waals surface area (Å²) in [5.74, 6) is -6.81. The Morgan fingerprint density at radius 1 is 1.44 bits per heavy atom. The van der Waals surface area contributed by atoms with E-state index in [-0.39, 0.29) is 19.0 Å². The number of nitrogens with two attached hydrogens (primary N) is 2. The van der Waals surface area contributed by atoms with Gasteiger partial charge in [-0.15, -0.1) is 12.4 Å². The van der Waals surface area contributed by atoms with Crippen LogP contribution in [0.2, 0.25) is 0 Å². The molecule has 0 radical (unpaired) electrons. The highest BCUT2D eigenvalue weighted by Crippen LogP contribution is 2.40. The zero-order valence-corrected chi connectivity index (χ0v) is 14.5. The highest BCUT2D eigenvalue weighted by molar-refractivity contribution is 5.85. The molecular formula is C13H24ClF2N3O6. The lowest BCUT2D eigenvalue weighted by atomic mass is 9.82. The van der Waals surface area contributed by atoms with Crippen molar-refractivity contribution in [1.82, 2.24) is 0 Å². The molecule has 0 saturated carbocycles. The van der Waals surface area contributed by atoms with Gasteiger partial charge in [0.15, 0.2) is 12.1 Å². The number of alkyl halides is 2. The number of esters is 1. The molecule has 148 valence electrons. The molecule has 7 atom stereocenters. The van der Waals surface area contributed by atoms with Gasteiger partial charge >= 0.3 is 11.8 Å². The molecule has 9 nitrogen and oxygen atoms in total. The Morgan fingerprint density at radius 3 is 2.44 bits per heavy atom. The maximum Gasteiger partial charge on any atom is 0.375 e. The quantitative estimate of drug-likeness (QED) is 0.205. The van der Waals surface area contributed by atoms with Crippen molar-refractivity contribution >= 4 is 24.3 Å². The molecule has 1 rings (SSSR count). The molecule has 1 heterocycles. The molecular weight excluding hydrogens is 368 g/mol. The first kappa shape index (κ1) is 23.7.